The lowest BCUT2D eigenvalue weighted by molar-refractivity contribution is 0.445. The topological polar surface area (TPSA) is 105 Å². The van der Waals surface area contributed by atoms with E-state index in [2.05, 4.69) is 25.7 Å². The lowest BCUT2D eigenvalue weighted by Gasteiger charge is -2.19. The molecule has 0 radical (unpaired) electrons. The van der Waals surface area contributed by atoms with E-state index in [9.17, 15) is 8.42 Å². The largest absolute Gasteiger partial charge is 0.357 e. The Hall–Kier alpha value is -0.950. The van der Waals surface area contributed by atoms with Gasteiger partial charge in [-0.05, 0) is 6.92 Å². The maximum Gasteiger partial charge on any atom is 0.215 e. The number of aryl methyl sites for hydroxylation is 1. The van der Waals surface area contributed by atoms with E-state index in [1.165, 1.54) is 10.6 Å². The second-order valence-corrected chi connectivity index (χ2v) is 6.91. The molecule has 9 nitrogen and oxygen atoms in total. The summed E-state index contributed by atoms with van der Waals surface area (Å²) in [5.74, 6) is 1.33. The fraction of sp³-hybridized carbons (Fsp3) is 0.769. The van der Waals surface area contributed by atoms with Crippen LogP contribution in [0.5, 0.6) is 0 Å². The zero-order chi connectivity index (χ0) is 17.3. The maximum absolute atomic E-state index is 12.1. The number of guanidine groups is 1. The molecule has 0 aliphatic heterocycles. The molecule has 0 saturated heterocycles. The van der Waals surface area contributed by atoms with Crippen LogP contribution in [0, 0.1) is 0 Å². The molecule has 0 aromatic carbocycles. The number of hydrogen-bond donors (Lipinski definition) is 2. The van der Waals surface area contributed by atoms with Gasteiger partial charge < -0.3 is 10.6 Å². The van der Waals surface area contributed by atoms with E-state index in [1.54, 1.807) is 11.7 Å². The zero-order valence-electron chi connectivity index (χ0n) is 14.7. The van der Waals surface area contributed by atoms with Gasteiger partial charge in [0.15, 0.2) is 5.96 Å². The Bertz CT molecular complexity index is 599. The molecule has 0 unspecified atom stereocenters. The average molecular weight is 473 g/mol. The smallest absolute Gasteiger partial charge is 0.215 e. The minimum absolute atomic E-state index is 0. The molecule has 0 bridgehead atoms. The molecule has 0 amide bonds. The van der Waals surface area contributed by atoms with Gasteiger partial charge in [0.25, 0.3) is 0 Å². The maximum atomic E-state index is 12.1. The Labute approximate surface area is 161 Å². The SMILES string of the molecule is CCNC(=NCc1ncnn1C)NCCS(=O)(=O)N(CC)CC.I. The fourth-order valence-corrected chi connectivity index (χ4v) is 3.40. The number of sulfonamides is 1. The Morgan fingerprint density at radius 2 is 1.96 bits per heavy atom. The Kier molecular flexibility index (Phi) is 11.1. The fourth-order valence-electron chi connectivity index (χ4n) is 2.00. The summed E-state index contributed by atoms with van der Waals surface area (Å²) in [4.78, 5) is 8.48. The number of halogens is 1. The zero-order valence-corrected chi connectivity index (χ0v) is 17.8. The van der Waals surface area contributed by atoms with Crippen LogP contribution in [-0.2, 0) is 23.6 Å². The molecule has 24 heavy (non-hydrogen) atoms. The Morgan fingerprint density at radius 1 is 1.29 bits per heavy atom. The first kappa shape index (κ1) is 23.1. The average Bonchev–Trinajstić information content (AvgIpc) is 2.91. The first-order chi connectivity index (χ1) is 10.9. The molecule has 11 heteroatoms. The first-order valence-corrected chi connectivity index (χ1v) is 9.38. The number of aromatic nitrogens is 3. The minimum atomic E-state index is -3.24. The molecule has 1 aromatic rings. The van der Waals surface area contributed by atoms with E-state index in [1.807, 2.05) is 20.8 Å². The highest BCUT2D eigenvalue weighted by molar-refractivity contribution is 14.0. The molecule has 2 N–H and O–H groups in total. The van der Waals surface area contributed by atoms with Crippen LogP contribution in [0.1, 0.15) is 26.6 Å². The highest BCUT2D eigenvalue weighted by Gasteiger charge is 2.18. The molecule has 1 aromatic heterocycles. The normalized spacial score (nSPS) is 12.1. The molecule has 0 aliphatic carbocycles. The van der Waals surface area contributed by atoms with Crippen molar-refractivity contribution in [2.24, 2.45) is 12.0 Å². The highest BCUT2D eigenvalue weighted by Crippen LogP contribution is 1.99. The predicted molar refractivity (Wildman–Crippen MR) is 106 cm³/mol. The molecule has 1 rings (SSSR count). The van der Waals surface area contributed by atoms with Crippen LogP contribution < -0.4 is 10.6 Å². The van der Waals surface area contributed by atoms with Gasteiger partial charge >= 0.3 is 0 Å². The summed E-state index contributed by atoms with van der Waals surface area (Å²) in [7, 11) is -1.44. The van der Waals surface area contributed by atoms with Crippen molar-refractivity contribution in [1.29, 1.82) is 0 Å². The van der Waals surface area contributed by atoms with Gasteiger partial charge in [-0.3, -0.25) is 4.68 Å². The number of nitrogens with one attached hydrogen (secondary N) is 2. The summed E-state index contributed by atoms with van der Waals surface area (Å²) < 4.78 is 27.4. The second-order valence-electron chi connectivity index (χ2n) is 4.82. The molecular weight excluding hydrogens is 445 g/mol. The van der Waals surface area contributed by atoms with Crippen molar-refractivity contribution >= 4 is 40.0 Å². The van der Waals surface area contributed by atoms with Crippen molar-refractivity contribution < 1.29 is 8.42 Å². The van der Waals surface area contributed by atoms with Gasteiger partial charge in [0, 0.05) is 33.2 Å². The third-order valence-corrected chi connectivity index (χ3v) is 5.30. The highest BCUT2D eigenvalue weighted by atomic mass is 127. The number of aliphatic imine (C=N–C) groups is 1. The van der Waals surface area contributed by atoms with Crippen LogP contribution in [0.3, 0.4) is 0 Å². The van der Waals surface area contributed by atoms with Crippen LogP contribution in [0.25, 0.3) is 0 Å². The quantitative estimate of drug-likeness (QED) is 0.301. The van der Waals surface area contributed by atoms with Gasteiger partial charge in [-0.25, -0.2) is 22.7 Å². The van der Waals surface area contributed by atoms with E-state index in [-0.39, 0.29) is 29.7 Å². The van der Waals surface area contributed by atoms with Crippen LogP contribution >= 0.6 is 24.0 Å². The van der Waals surface area contributed by atoms with Crippen molar-refractivity contribution in [1.82, 2.24) is 29.7 Å². The lowest BCUT2D eigenvalue weighted by atomic mass is 10.6. The molecule has 0 fully saturated rings. The summed E-state index contributed by atoms with van der Waals surface area (Å²) in [6.07, 6.45) is 1.47. The van der Waals surface area contributed by atoms with Crippen molar-refractivity contribution in [2.45, 2.75) is 27.3 Å². The van der Waals surface area contributed by atoms with E-state index in [4.69, 9.17) is 0 Å². The molecule has 0 saturated carbocycles. The van der Waals surface area contributed by atoms with Crippen LogP contribution in [-0.4, -0.2) is 65.4 Å². The third kappa shape index (κ3) is 7.30. The van der Waals surface area contributed by atoms with E-state index < -0.39 is 10.0 Å². The third-order valence-electron chi connectivity index (χ3n) is 3.28. The first-order valence-electron chi connectivity index (χ1n) is 7.77. The van der Waals surface area contributed by atoms with Crippen molar-refractivity contribution in [3.8, 4) is 0 Å². The van der Waals surface area contributed by atoms with Crippen LogP contribution in [0.4, 0.5) is 0 Å². The standard InChI is InChI=1S/C13H27N7O2S.HI/c1-5-14-13(16-10-12-17-11-18-19(12)4)15-8-9-23(21,22)20(6-2)7-3;/h11H,5-10H2,1-4H3,(H2,14,15,16);1H. The number of nitrogens with zero attached hydrogens (tertiary/aromatic N) is 5. The van der Waals surface area contributed by atoms with Gasteiger partial charge in [-0.1, -0.05) is 13.8 Å². The van der Waals surface area contributed by atoms with Gasteiger partial charge in [-0.2, -0.15) is 5.10 Å². The summed E-state index contributed by atoms with van der Waals surface area (Å²) in [5, 5.41) is 10.1. The van der Waals surface area contributed by atoms with Gasteiger partial charge in [0.05, 0.1) is 5.75 Å². The van der Waals surface area contributed by atoms with Crippen LogP contribution in [0.15, 0.2) is 11.3 Å². The molecule has 0 spiro atoms. The molecule has 1 heterocycles. The van der Waals surface area contributed by atoms with Gasteiger partial charge in [0.2, 0.25) is 10.0 Å². The molecule has 0 atom stereocenters. The lowest BCUT2D eigenvalue weighted by Crippen LogP contribution is -2.42. The summed E-state index contributed by atoms with van der Waals surface area (Å²) in [6, 6.07) is 0. The van der Waals surface area contributed by atoms with E-state index >= 15 is 0 Å². The summed E-state index contributed by atoms with van der Waals surface area (Å²) in [6.45, 7) is 7.94. The Balaban J connectivity index is 0.00000529. The molecule has 140 valence electrons. The summed E-state index contributed by atoms with van der Waals surface area (Å²) >= 11 is 0. The van der Waals surface area contributed by atoms with Crippen molar-refractivity contribution in [3.05, 3.63) is 12.2 Å². The van der Waals surface area contributed by atoms with Gasteiger partial charge in [-0.15, -0.1) is 24.0 Å². The predicted octanol–water partition coefficient (Wildman–Crippen LogP) is 0.160. The second kappa shape index (κ2) is 11.6. The number of hydrogen-bond acceptors (Lipinski definition) is 5. The van der Waals surface area contributed by atoms with Crippen molar-refractivity contribution in [3.63, 3.8) is 0 Å². The van der Waals surface area contributed by atoms with Crippen LogP contribution in [0.2, 0.25) is 0 Å². The van der Waals surface area contributed by atoms with E-state index in [0.717, 1.165) is 5.82 Å². The van der Waals surface area contributed by atoms with E-state index in [0.29, 0.717) is 38.7 Å². The monoisotopic (exact) mass is 473 g/mol. The van der Waals surface area contributed by atoms with Gasteiger partial charge in [0.1, 0.15) is 18.7 Å². The Morgan fingerprint density at radius 3 is 2.46 bits per heavy atom. The minimum Gasteiger partial charge on any atom is -0.357 e. The van der Waals surface area contributed by atoms with Crippen molar-refractivity contribution in [2.75, 3.05) is 31.9 Å². The summed E-state index contributed by atoms with van der Waals surface area (Å²) in [5.41, 5.74) is 0. The number of rotatable bonds is 9. The molecular formula is C13H28IN7O2S. The molecule has 0 aliphatic rings.